The second-order valence-electron chi connectivity index (χ2n) is 15.1. The van der Waals surface area contributed by atoms with Crippen molar-refractivity contribution in [3.8, 4) is 18.4 Å². The van der Waals surface area contributed by atoms with Crippen molar-refractivity contribution in [1.82, 2.24) is 19.9 Å². The molecule has 7 rings (SSSR count). The summed E-state index contributed by atoms with van der Waals surface area (Å²) >= 11 is 0. The Kier molecular flexibility index (Phi) is 9.83. The van der Waals surface area contributed by atoms with Crippen LogP contribution in [0.5, 0.6) is 6.01 Å². The maximum atomic E-state index is 15.0. The van der Waals surface area contributed by atoms with Crippen LogP contribution in [0.3, 0.4) is 0 Å². The number of fused-ring (bicyclic) bond motifs is 2. The molecule has 3 aromatic rings. The van der Waals surface area contributed by atoms with Gasteiger partial charge in [0.25, 0.3) is 0 Å². The molecule has 1 saturated heterocycles. The number of β-amino-alcohol motifs (C(OH)–C–C–N with tert-alkyl or cyclic N) is 1. The van der Waals surface area contributed by atoms with Gasteiger partial charge in [-0.1, -0.05) is 31.4 Å². The maximum Gasteiger partial charge on any atom is 0.318 e. The fraction of sp³-hybridized carbons (Fsp3) is 0.500. The van der Waals surface area contributed by atoms with Crippen LogP contribution in [0, 0.1) is 18.2 Å². The number of nitrogens with zero attached hydrogens (tertiary/aromatic N) is 6. The number of carbonyl (C=O) groups is 1. The van der Waals surface area contributed by atoms with Gasteiger partial charge in [-0.05, 0) is 62.4 Å². The quantitative estimate of drug-likeness (QED) is 0.221. The number of halogens is 2. The molecular formula is C40H47F2N7O3. The third-order valence-electron chi connectivity index (χ3n) is 11.7. The number of rotatable bonds is 10. The average molecular weight is 712 g/mol. The molecule has 2 aliphatic heterocycles. The summed E-state index contributed by atoms with van der Waals surface area (Å²) < 4.78 is 36.4. The molecule has 0 unspecified atom stereocenters. The zero-order valence-corrected chi connectivity index (χ0v) is 30.0. The fourth-order valence-corrected chi connectivity index (χ4v) is 8.91. The number of nitrogens with one attached hydrogen (secondary N) is 1. The zero-order chi connectivity index (χ0) is 36.6. The first-order chi connectivity index (χ1) is 25.0. The molecule has 1 saturated carbocycles. The van der Waals surface area contributed by atoms with E-state index in [0.29, 0.717) is 50.3 Å². The number of carbonyl (C=O) groups excluding carboxylic acids is 1. The SMILES string of the molecule is C#Cc1c(F)ccc2c1N([C@@H]1CCc3c(nc(OC[C@]4(C)C[C@@H](F)CN4c4ccncc4)nc3NCC3(N(C)C(=O)C=C)CCCC3)C1)C[C@@H](O)C2. The highest BCUT2D eigenvalue weighted by Gasteiger charge is 2.44. The molecule has 0 radical (unpaired) electrons. The number of likely N-dealkylation sites (N-methyl/N-ethyl adjacent to an activating group) is 1. The predicted molar refractivity (Wildman–Crippen MR) is 197 cm³/mol. The fourth-order valence-electron chi connectivity index (χ4n) is 8.91. The van der Waals surface area contributed by atoms with Crippen molar-refractivity contribution in [3.05, 3.63) is 77.5 Å². The van der Waals surface area contributed by atoms with Crippen LogP contribution in [-0.4, -0.2) is 93.5 Å². The molecule has 0 spiro atoms. The Bertz CT molecular complexity index is 1860. The normalized spacial score (nSPS) is 24.8. The predicted octanol–water partition coefficient (Wildman–Crippen LogP) is 5.03. The van der Waals surface area contributed by atoms with Crippen LogP contribution in [0.25, 0.3) is 0 Å². The van der Waals surface area contributed by atoms with Crippen LogP contribution < -0.4 is 19.9 Å². The third kappa shape index (κ3) is 6.67. The number of aliphatic hydroxyl groups excluding tert-OH is 1. The maximum absolute atomic E-state index is 15.0. The highest BCUT2D eigenvalue weighted by molar-refractivity contribution is 5.87. The van der Waals surface area contributed by atoms with Crippen LogP contribution in [0.2, 0.25) is 0 Å². The zero-order valence-electron chi connectivity index (χ0n) is 30.0. The summed E-state index contributed by atoms with van der Waals surface area (Å²) in [6.45, 7) is 6.90. The number of terminal acetylenes is 1. The van der Waals surface area contributed by atoms with E-state index < -0.39 is 29.2 Å². The summed E-state index contributed by atoms with van der Waals surface area (Å²) in [5, 5.41) is 14.5. The first-order valence-corrected chi connectivity index (χ1v) is 18.3. The summed E-state index contributed by atoms with van der Waals surface area (Å²) in [6.07, 6.45) is 15.2. The number of alkyl halides is 1. The van der Waals surface area contributed by atoms with Crippen LogP contribution >= 0.6 is 0 Å². The molecule has 1 amide bonds. The second-order valence-corrected chi connectivity index (χ2v) is 15.1. The topological polar surface area (TPSA) is 107 Å². The monoisotopic (exact) mass is 711 g/mol. The number of hydrogen-bond acceptors (Lipinski definition) is 9. The molecule has 2 fully saturated rings. The lowest BCUT2D eigenvalue weighted by Crippen LogP contribution is -2.52. The van der Waals surface area contributed by atoms with Gasteiger partial charge in [-0.2, -0.15) is 9.97 Å². The summed E-state index contributed by atoms with van der Waals surface area (Å²) in [5.41, 5.74) is 3.23. The lowest BCUT2D eigenvalue weighted by atomic mass is 9.87. The highest BCUT2D eigenvalue weighted by atomic mass is 19.1. The lowest BCUT2D eigenvalue weighted by molar-refractivity contribution is -0.129. The molecule has 10 nitrogen and oxygen atoms in total. The molecule has 2 aromatic heterocycles. The third-order valence-corrected chi connectivity index (χ3v) is 11.7. The van der Waals surface area contributed by atoms with E-state index in [4.69, 9.17) is 21.1 Å². The Morgan fingerprint density at radius 1 is 1.21 bits per heavy atom. The molecule has 0 bridgehead atoms. The van der Waals surface area contributed by atoms with Gasteiger partial charge >= 0.3 is 6.01 Å². The summed E-state index contributed by atoms with van der Waals surface area (Å²) in [4.78, 5) is 32.7. The van der Waals surface area contributed by atoms with Gasteiger partial charge in [0.05, 0.1) is 34.1 Å². The van der Waals surface area contributed by atoms with Gasteiger partial charge in [0.15, 0.2) is 0 Å². The first-order valence-electron chi connectivity index (χ1n) is 18.3. The number of anilines is 3. The van der Waals surface area contributed by atoms with Crippen molar-refractivity contribution in [3.63, 3.8) is 0 Å². The number of benzene rings is 1. The number of hydrogen-bond donors (Lipinski definition) is 2. The van der Waals surface area contributed by atoms with Crippen molar-refractivity contribution in [2.24, 2.45) is 0 Å². The van der Waals surface area contributed by atoms with Crippen molar-refractivity contribution >= 4 is 23.1 Å². The highest BCUT2D eigenvalue weighted by Crippen LogP contribution is 2.40. The lowest BCUT2D eigenvalue weighted by Gasteiger charge is -2.42. The molecule has 2 N–H and O–H groups in total. The number of aromatic nitrogens is 3. The van der Waals surface area contributed by atoms with Gasteiger partial charge in [0.2, 0.25) is 5.91 Å². The van der Waals surface area contributed by atoms with Crippen molar-refractivity contribution in [2.45, 2.75) is 94.1 Å². The number of aliphatic hydroxyl groups is 1. The molecule has 52 heavy (non-hydrogen) atoms. The Morgan fingerprint density at radius 2 is 1.98 bits per heavy atom. The largest absolute Gasteiger partial charge is 0.461 e. The van der Waals surface area contributed by atoms with Crippen molar-refractivity contribution < 1.29 is 23.4 Å². The van der Waals surface area contributed by atoms with E-state index in [9.17, 15) is 14.3 Å². The van der Waals surface area contributed by atoms with Gasteiger partial charge in [0, 0.05) is 75.6 Å². The standard InChI is InChI=1S/C40H47F2N7O3/c1-5-31-33(42)12-9-26-19-30(50)23-48(36(26)31)29-10-11-32-34(20-29)45-38(46-37(32)44-24-40(15-7-8-16-40)47(4)35(51)6-2)52-25-39(3)21-27(41)22-49(39)28-13-17-43-18-14-28/h1,6,9,12-14,17-18,27,29-30,50H,2,7-8,10-11,15-16,19-25H2,3-4H3,(H,44,45,46)/t27-,29-,30+,39+/m1/s1. The molecule has 4 aliphatic rings. The van der Waals surface area contributed by atoms with Crippen molar-refractivity contribution in [2.75, 3.05) is 48.4 Å². The summed E-state index contributed by atoms with van der Waals surface area (Å²) in [7, 11) is 1.83. The Morgan fingerprint density at radius 3 is 2.71 bits per heavy atom. The van der Waals surface area contributed by atoms with E-state index in [-0.39, 0.29) is 43.1 Å². The summed E-state index contributed by atoms with van der Waals surface area (Å²) in [5.74, 6) is 2.62. The average Bonchev–Trinajstić information content (AvgIpc) is 3.76. The minimum atomic E-state index is -1.03. The number of amides is 1. The molecule has 274 valence electrons. The van der Waals surface area contributed by atoms with Gasteiger partial charge in [-0.3, -0.25) is 9.78 Å². The van der Waals surface area contributed by atoms with Crippen LogP contribution in [-0.2, 0) is 24.1 Å². The van der Waals surface area contributed by atoms with Gasteiger partial charge < -0.3 is 29.9 Å². The Balaban J connectivity index is 1.21. The molecule has 4 heterocycles. The number of pyridine rings is 1. The molecule has 4 atom stereocenters. The summed E-state index contributed by atoms with van der Waals surface area (Å²) in [6, 6.07) is 6.87. The van der Waals surface area contributed by atoms with E-state index in [2.05, 4.69) is 27.7 Å². The van der Waals surface area contributed by atoms with Crippen LogP contribution in [0.1, 0.15) is 67.8 Å². The Hall–Kier alpha value is -4.76. The first kappa shape index (κ1) is 35.6. The minimum Gasteiger partial charge on any atom is -0.461 e. The van der Waals surface area contributed by atoms with E-state index in [1.54, 1.807) is 23.4 Å². The smallest absolute Gasteiger partial charge is 0.318 e. The molecule has 12 heteroatoms. The van der Waals surface area contributed by atoms with Gasteiger partial charge in [0.1, 0.15) is 24.4 Å². The van der Waals surface area contributed by atoms with Gasteiger partial charge in [-0.25, -0.2) is 8.78 Å². The second kappa shape index (κ2) is 14.3. The van der Waals surface area contributed by atoms with E-state index in [0.717, 1.165) is 48.2 Å². The number of ether oxygens (including phenoxy) is 1. The van der Waals surface area contributed by atoms with Crippen LogP contribution in [0.15, 0.2) is 49.3 Å². The van der Waals surface area contributed by atoms with Gasteiger partial charge in [-0.15, -0.1) is 6.42 Å². The van der Waals surface area contributed by atoms with E-state index >= 15 is 4.39 Å². The van der Waals surface area contributed by atoms with E-state index in [1.165, 1.54) is 12.1 Å². The van der Waals surface area contributed by atoms with Crippen LogP contribution in [0.4, 0.5) is 26.0 Å². The Labute approximate surface area is 304 Å². The molecule has 2 aliphatic carbocycles. The van der Waals surface area contributed by atoms with Crippen molar-refractivity contribution in [1.29, 1.82) is 0 Å². The van der Waals surface area contributed by atoms with E-state index in [1.807, 2.05) is 31.0 Å². The molecular weight excluding hydrogens is 664 g/mol. The minimum absolute atomic E-state index is 0.120. The molecule has 1 aromatic carbocycles.